The molecule has 0 aliphatic carbocycles. The number of benzene rings is 1. The Bertz CT molecular complexity index is 876. The quantitative estimate of drug-likeness (QED) is 0.826. The Hall–Kier alpha value is -3.03. The first kappa shape index (κ1) is 18.8. The maximum absolute atomic E-state index is 12.5. The van der Waals surface area contributed by atoms with Crippen molar-refractivity contribution in [3.8, 4) is 11.5 Å². The summed E-state index contributed by atoms with van der Waals surface area (Å²) in [5.74, 6) is -0.0507. The Balaban J connectivity index is 1.64. The van der Waals surface area contributed by atoms with Crippen molar-refractivity contribution in [3.63, 3.8) is 0 Å². The van der Waals surface area contributed by atoms with Crippen molar-refractivity contribution in [2.75, 3.05) is 5.32 Å². The van der Waals surface area contributed by atoms with Crippen LogP contribution >= 0.6 is 0 Å². The summed E-state index contributed by atoms with van der Waals surface area (Å²) in [7, 11) is 1.79. The van der Waals surface area contributed by atoms with E-state index in [-0.39, 0.29) is 0 Å². The first-order valence-corrected chi connectivity index (χ1v) is 8.71. The van der Waals surface area contributed by atoms with Crippen molar-refractivity contribution in [2.45, 2.75) is 46.0 Å². The summed E-state index contributed by atoms with van der Waals surface area (Å²) in [4.78, 5) is 24.9. The summed E-state index contributed by atoms with van der Waals surface area (Å²) in [5.41, 5.74) is 2.12. The molecule has 3 atom stereocenters. The Kier molecular flexibility index (Phi) is 5.07. The maximum Gasteiger partial charge on any atom is 0.352 e. The third-order valence-electron chi connectivity index (χ3n) is 4.49. The second-order valence-electron chi connectivity index (χ2n) is 6.55. The van der Waals surface area contributed by atoms with Gasteiger partial charge in [0.15, 0.2) is 17.6 Å². The van der Waals surface area contributed by atoms with Gasteiger partial charge in [-0.1, -0.05) is 12.1 Å². The predicted octanol–water partition coefficient (Wildman–Crippen LogP) is 2.14. The number of aromatic nitrogens is 2. The number of nitrogens with one attached hydrogen (secondary N) is 1. The van der Waals surface area contributed by atoms with Crippen molar-refractivity contribution in [1.29, 1.82) is 0 Å². The second-order valence-corrected chi connectivity index (χ2v) is 6.55. The van der Waals surface area contributed by atoms with E-state index >= 15 is 0 Å². The number of hydrogen-bond donors (Lipinski definition) is 1. The number of anilines is 1. The molecule has 2 heterocycles. The topological polar surface area (TPSA) is 91.7 Å². The number of nitrogens with zero attached hydrogens (tertiary/aromatic N) is 2. The molecule has 8 nitrogen and oxygen atoms in total. The molecular formula is C19H23N3O5. The van der Waals surface area contributed by atoms with Gasteiger partial charge in [0.05, 0.1) is 17.1 Å². The molecule has 8 heteroatoms. The van der Waals surface area contributed by atoms with Crippen LogP contribution in [0.5, 0.6) is 11.5 Å². The molecule has 0 saturated heterocycles. The molecule has 1 N–H and O–H groups in total. The van der Waals surface area contributed by atoms with Crippen LogP contribution in [0.25, 0.3) is 0 Å². The molecule has 1 amide bonds. The van der Waals surface area contributed by atoms with E-state index in [4.69, 9.17) is 14.2 Å². The number of amides is 1. The lowest BCUT2D eigenvalue weighted by molar-refractivity contribution is -0.165. The van der Waals surface area contributed by atoms with Crippen LogP contribution < -0.4 is 14.8 Å². The van der Waals surface area contributed by atoms with Crippen molar-refractivity contribution in [2.24, 2.45) is 7.05 Å². The van der Waals surface area contributed by atoms with Crippen LogP contribution in [0.1, 0.15) is 25.2 Å². The number of para-hydroxylation sites is 2. The number of esters is 1. The van der Waals surface area contributed by atoms with E-state index in [1.54, 1.807) is 43.8 Å². The summed E-state index contributed by atoms with van der Waals surface area (Å²) in [6.45, 7) is 6.87. The van der Waals surface area contributed by atoms with Gasteiger partial charge < -0.3 is 19.5 Å². The van der Waals surface area contributed by atoms with E-state index in [1.165, 1.54) is 6.92 Å². The lowest BCUT2D eigenvalue weighted by Gasteiger charge is -2.30. The van der Waals surface area contributed by atoms with Crippen LogP contribution in [0.2, 0.25) is 0 Å². The zero-order valence-electron chi connectivity index (χ0n) is 16.0. The highest BCUT2D eigenvalue weighted by molar-refractivity contribution is 5.96. The number of carbonyl (C=O) groups is 2. The standard InChI is InChI=1S/C19H23N3O5/c1-10-16(11(2)22(5)21-10)20-18(23)13(4)26-19(24)17-12(3)25-14-8-6-7-9-15(14)27-17/h6-9,12-13,17H,1-5H3,(H,20,23). The van der Waals surface area contributed by atoms with Crippen molar-refractivity contribution < 1.29 is 23.8 Å². The molecule has 3 unspecified atom stereocenters. The fraction of sp³-hybridized carbons (Fsp3) is 0.421. The van der Waals surface area contributed by atoms with Gasteiger partial charge in [0, 0.05) is 7.05 Å². The van der Waals surface area contributed by atoms with Gasteiger partial charge in [-0.15, -0.1) is 0 Å². The van der Waals surface area contributed by atoms with Gasteiger partial charge >= 0.3 is 5.97 Å². The highest BCUT2D eigenvalue weighted by atomic mass is 16.6. The summed E-state index contributed by atoms with van der Waals surface area (Å²) < 4.78 is 18.4. The fourth-order valence-electron chi connectivity index (χ4n) is 2.85. The van der Waals surface area contributed by atoms with E-state index in [9.17, 15) is 9.59 Å². The average molecular weight is 373 g/mol. The van der Waals surface area contributed by atoms with Crippen molar-refractivity contribution in [3.05, 3.63) is 35.7 Å². The van der Waals surface area contributed by atoms with Crippen LogP contribution in [0.4, 0.5) is 5.69 Å². The third kappa shape index (κ3) is 3.74. The maximum atomic E-state index is 12.5. The minimum atomic E-state index is -0.996. The number of rotatable bonds is 4. The fourth-order valence-corrected chi connectivity index (χ4v) is 2.85. The summed E-state index contributed by atoms with van der Waals surface area (Å²) in [6.07, 6.45) is -2.48. The SMILES string of the molecule is Cc1nn(C)c(C)c1NC(=O)C(C)OC(=O)C1Oc2ccccc2OC1C. The normalized spacial score (nSPS) is 19.3. The number of carbonyl (C=O) groups excluding carboxylic acids is 2. The van der Waals surface area contributed by atoms with Crippen LogP contribution in [0.3, 0.4) is 0 Å². The Labute approximate surface area is 157 Å². The molecule has 1 aromatic heterocycles. The zero-order valence-corrected chi connectivity index (χ0v) is 16.0. The van der Waals surface area contributed by atoms with Gasteiger partial charge in [-0.3, -0.25) is 9.48 Å². The molecule has 2 aromatic rings. The predicted molar refractivity (Wildman–Crippen MR) is 97.8 cm³/mol. The third-order valence-corrected chi connectivity index (χ3v) is 4.49. The minimum absolute atomic E-state index is 0.438. The lowest BCUT2D eigenvalue weighted by Crippen LogP contribution is -2.46. The van der Waals surface area contributed by atoms with Crippen LogP contribution in [0, 0.1) is 13.8 Å². The molecule has 3 rings (SSSR count). The molecule has 27 heavy (non-hydrogen) atoms. The monoisotopic (exact) mass is 373 g/mol. The molecule has 144 valence electrons. The van der Waals surface area contributed by atoms with Crippen molar-refractivity contribution >= 4 is 17.6 Å². The highest BCUT2D eigenvalue weighted by Crippen LogP contribution is 2.33. The van der Waals surface area contributed by atoms with Crippen LogP contribution in [-0.2, 0) is 21.4 Å². The molecule has 0 fully saturated rings. The first-order chi connectivity index (χ1) is 12.8. The van der Waals surface area contributed by atoms with E-state index in [2.05, 4.69) is 10.4 Å². The summed E-state index contributed by atoms with van der Waals surface area (Å²) in [5, 5.41) is 7.01. The van der Waals surface area contributed by atoms with Gasteiger partial charge in [0.25, 0.3) is 5.91 Å². The van der Waals surface area contributed by atoms with Gasteiger partial charge in [-0.05, 0) is 39.8 Å². The summed E-state index contributed by atoms with van der Waals surface area (Å²) in [6, 6.07) is 7.09. The van der Waals surface area contributed by atoms with Gasteiger partial charge in [0.1, 0.15) is 6.10 Å². The average Bonchev–Trinajstić information content (AvgIpc) is 2.87. The van der Waals surface area contributed by atoms with Crippen molar-refractivity contribution in [1.82, 2.24) is 9.78 Å². The molecular weight excluding hydrogens is 350 g/mol. The minimum Gasteiger partial charge on any atom is -0.482 e. The van der Waals surface area contributed by atoms with Gasteiger partial charge in [-0.25, -0.2) is 4.79 Å². The molecule has 0 bridgehead atoms. The lowest BCUT2D eigenvalue weighted by atomic mass is 10.2. The Morgan fingerprint density at radius 2 is 1.85 bits per heavy atom. The number of hydrogen-bond acceptors (Lipinski definition) is 6. The van der Waals surface area contributed by atoms with Gasteiger partial charge in [-0.2, -0.15) is 5.10 Å². The largest absolute Gasteiger partial charge is 0.482 e. The van der Waals surface area contributed by atoms with Crippen LogP contribution in [-0.4, -0.2) is 40.0 Å². The molecule has 0 radical (unpaired) electrons. The van der Waals surface area contributed by atoms with E-state index < -0.39 is 30.2 Å². The zero-order chi connectivity index (χ0) is 19.7. The Morgan fingerprint density at radius 3 is 2.44 bits per heavy atom. The van der Waals surface area contributed by atoms with Crippen LogP contribution in [0.15, 0.2) is 24.3 Å². The smallest absolute Gasteiger partial charge is 0.352 e. The van der Waals surface area contributed by atoms with Gasteiger partial charge in [0.2, 0.25) is 6.10 Å². The number of aryl methyl sites for hydroxylation is 2. The molecule has 1 aliphatic heterocycles. The molecule has 0 spiro atoms. The van der Waals surface area contributed by atoms with E-state index in [0.29, 0.717) is 22.9 Å². The number of ether oxygens (including phenoxy) is 3. The number of fused-ring (bicyclic) bond motifs is 1. The highest BCUT2D eigenvalue weighted by Gasteiger charge is 2.37. The molecule has 0 saturated carbocycles. The molecule has 1 aromatic carbocycles. The second kappa shape index (κ2) is 7.30. The van der Waals surface area contributed by atoms with E-state index in [1.807, 2.05) is 13.0 Å². The summed E-state index contributed by atoms with van der Waals surface area (Å²) >= 11 is 0. The van der Waals surface area contributed by atoms with E-state index in [0.717, 1.165) is 5.69 Å². The molecule has 1 aliphatic rings. The first-order valence-electron chi connectivity index (χ1n) is 8.71. The Morgan fingerprint density at radius 1 is 1.22 bits per heavy atom.